The second-order valence-corrected chi connectivity index (χ2v) is 6.83. The number of nitrogens with one attached hydrogen (secondary N) is 1. The second-order valence-electron chi connectivity index (χ2n) is 6.83. The van der Waals surface area contributed by atoms with Gasteiger partial charge in [-0.2, -0.15) is 0 Å². The van der Waals surface area contributed by atoms with Crippen molar-refractivity contribution in [3.8, 4) is 11.3 Å². The summed E-state index contributed by atoms with van der Waals surface area (Å²) in [6.45, 7) is 4.24. The third-order valence-electron chi connectivity index (χ3n) is 4.46. The zero-order chi connectivity index (χ0) is 18.4. The molecular weight excluding hydrogens is 322 g/mol. The Morgan fingerprint density at radius 2 is 1.58 bits per heavy atom. The van der Waals surface area contributed by atoms with Gasteiger partial charge in [0.2, 0.25) is 5.91 Å². The third kappa shape index (κ3) is 4.63. The van der Waals surface area contributed by atoms with Crippen molar-refractivity contribution >= 4 is 5.91 Å². The Balaban J connectivity index is 1.58. The average molecular weight is 347 g/mol. The SMILES string of the molecule is CC(C)C(NC(=O)CCc1ccc(-c2ccccc2)o1)c1ccccc1. The standard InChI is InChI=1S/C23H25NO2/c1-17(2)23(19-11-7-4-8-12-19)24-22(25)16-14-20-13-15-21(26-20)18-9-5-3-6-10-18/h3-13,15,17,23H,14,16H2,1-2H3,(H,24,25). The van der Waals surface area contributed by atoms with Gasteiger partial charge in [0.05, 0.1) is 6.04 Å². The molecule has 0 spiro atoms. The lowest BCUT2D eigenvalue weighted by atomic mass is 9.96. The highest BCUT2D eigenvalue weighted by Gasteiger charge is 2.18. The molecule has 1 atom stereocenters. The smallest absolute Gasteiger partial charge is 0.220 e. The van der Waals surface area contributed by atoms with E-state index < -0.39 is 0 Å². The molecule has 3 rings (SSSR count). The topological polar surface area (TPSA) is 42.2 Å². The van der Waals surface area contributed by atoms with Crippen LogP contribution in [0.5, 0.6) is 0 Å². The van der Waals surface area contributed by atoms with Crippen LogP contribution < -0.4 is 5.32 Å². The summed E-state index contributed by atoms with van der Waals surface area (Å²) in [7, 11) is 0. The molecule has 26 heavy (non-hydrogen) atoms. The Morgan fingerprint density at radius 3 is 2.23 bits per heavy atom. The van der Waals surface area contributed by atoms with Crippen LogP contribution in [-0.4, -0.2) is 5.91 Å². The van der Waals surface area contributed by atoms with Gasteiger partial charge in [0, 0.05) is 18.4 Å². The van der Waals surface area contributed by atoms with Crippen LogP contribution >= 0.6 is 0 Å². The minimum Gasteiger partial charge on any atom is -0.461 e. The van der Waals surface area contributed by atoms with Gasteiger partial charge in [-0.1, -0.05) is 74.5 Å². The molecule has 0 saturated heterocycles. The van der Waals surface area contributed by atoms with Crippen LogP contribution in [0.1, 0.15) is 37.6 Å². The van der Waals surface area contributed by atoms with E-state index >= 15 is 0 Å². The van der Waals surface area contributed by atoms with E-state index in [0.29, 0.717) is 18.8 Å². The molecule has 1 N–H and O–H groups in total. The number of aryl methyl sites for hydroxylation is 1. The zero-order valence-corrected chi connectivity index (χ0v) is 15.3. The largest absolute Gasteiger partial charge is 0.461 e. The van der Waals surface area contributed by atoms with E-state index in [1.54, 1.807) is 0 Å². The highest BCUT2D eigenvalue weighted by atomic mass is 16.3. The highest BCUT2D eigenvalue weighted by Crippen LogP contribution is 2.23. The molecule has 1 heterocycles. The van der Waals surface area contributed by atoms with E-state index in [-0.39, 0.29) is 11.9 Å². The molecule has 1 aromatic heterocycles. The Hall–Kier alpha value is -2.81. The van der Waals surface area contributed by atoms with Gasteiger partial charge >= 0.3 is 0 Å². The Labute approximate surface area is 155 Å². The van der Waals surface area contributed by atoms with Crippen molar-refractivity contribution in [3.05, 3.63) is 84.1 Å². The van der Waals surface area contributed by atoms with Crippen molar-refractivity contribution < 1.29 is 9.21 Å². The van der Waals surface area contributed by atoms with Crippen LogP contribution in [0.2, 0.25) is 0 Å². The van der Waals surface area contributed by atoms with Crippen molar-refractivity contribution in [2.45, 2.75) is 32.7 Å². The predicted molar refractivity (Wildman–Crippen MR) is 105 cm³/mol. The third-order valence-corrected chi connectivity index (χ3v) is 4.46. The number of amides is 1. The Kier molecular flexibility index (Phi) is 5.90. The molecule has 2 aromatic carbocycles. The molecule has 3 nitrogen and oxygen atoms in total. The molecule has 3 heteroatoms. The van der Waals surface area contributed by atoms with Crippen molar-refractivity contribution in [2.24, 2.45) is 5.92 Å². The van der Waals surface area contributed by atoms with Crippen LogP contribution in [0.4, 0.5) is 0 Å². The molecule has 134 valence electrons. The average Bonchev–Trinajstić information content (AvgIpc) is 3.15. The Bertz CT molecular complexity index is 822. The van der Waals surface area contributed by atoms with Gasteiger partial charge in [0.15, 0.2) is 0 Å². The molecule has 0 saturated carbocycles. The van der Waals surface area contributed by atoms with Gasteiger partial charge in [-0.15, -0.1) is 0 Å². The molecule has 0 aliphatic heterocycles. The molecule has 0 aliphatic rings. The summed E-state index contributed by atoms with van der Waals surface area (Å²) in [5.74, 6) is 2.05. The summed E-state index contributed by atoms with van der Waals surface area (Å²) in [6, 6.07) is 24.0. The molecule has 1 amide bonds. The summed E-state index contributed by atoms with van der Waals surface area (Å²) >= 11 is 0. The minimum absolute atomic E-state index is 0.0279. The number of benzene rings is 2. The molecule has 3 aromatic rings. The molecule has 0 fully saturated rings. The Morgan fingerprint density at radius 1 is 0.923 bits per heavy atom. The van der Waals surface area contributed by atoms with Crippen molar-refractivity contribution in [1.82, 2.24) is 5.32 Å². The van der Waals surface area contributed by atoms with Crippen molar-refractivity contribution in [3.63, 3.8) is 0 Å². The zero-order valence-electron chi connectivity index (χ0n) is 15.3. The van der Waals surface area contributed by atoms with Gasteiger partial charge in [-0.3, -0.25) is 4.79 Å². The van der Waals surface area contributed by atoms with E-state index in [4.69, 9.17) is 4.42 Å². The van der Waals surface area contributed by atoms with Crippen LogP contribution in [0, 0.1) is 5.92 Å². The van der Waals surface area contributed by atoms with Gasteiger partial charge in [0.25, 0.3) is 0 Å². The second kappa shape index (κ2) is 8.52. The normalized spacial score (nSPS) is 12.1. The van der Waals surface area contributed by atoms with Crippen molar-refractivity contribution in [2.75, 3.05) is 0 Å². The van der Waals surface area contributed by atoms with E-state index in [9.17, 15) is 4.79 Å². The van der Waals surface area contributed by atoms with E-state index in [1.807, 2.05) is 60.7 Å². The summed E-state index contributed by atoms with van der Waals surface area (Å²) in [5, 5.41) is 3.16. The lowest BCUT2D eigenvalue weighted by molar-refractivity contribution is -0.122. The number of hydrogen-bond donors (Lipinski definition) is 1. The first-order valence-corrected chi connectivity index (χ1v) is 9.12. The first-order chi connectivity index (χ1) is 12.6. The van der Waals surface area contributed by atoms with Crippen LogP contribution in [0.3, 0.4) is 0 Å². The van der Waals surface area contributed by atoms with E-state index in [1.165, 1.54) is 0 Å². The number of rotatable bonds is 7. The molecular formula is C23H25NO2. The monoisotopic (exact) mass is 347 g/mol. The number of hydrogen-bond acceptors (Lipinski definition) is 2. The number of furan rings is 1. The number of carbonyl (C=O) groups is 1. The predicted octanol–water partition coefficient (Wildman–Crippen LogP) is 5.39. The van der Waals surface area contributed by atoms with E-state index in [2.05, 4.69) is 31.3 Å². The quantitative estimate of drug-likeness (QED) is 0.622. The fraction of sp³-hybridized carbons (Fsp3) is 0.261. The first-order valence-electron chi connectivity index (χ1n) is 9.12. The van der Waals surface area contributed by atoms with Gasteiger partial charge in [-0.25, -0.2) is 0 Å². The summed E-state index contributed by atoms with van der Waals surface area (Å²) in [6.07, 6.45) is 1.01. The minimum atomic E-state index is 0.0279. The lowest BCUT2D eigenvalue weighted by Crippen LogP contribution is -2.31. The summed E-state index contributed by atoms with van der Waals surface area (Å²) in [4.78, 5) is 12.4. The van der Waals surface area contributed by atoms with Gasteiger partial charge in [-0.05, 0) is 23.6 Å². The first kappa shape index (κ1) is 18.0. The number of carbonyl (C=O) groups excluding carboxylic acids is 1. The maximum atomic E-state index is 12.4. The van der Waals surface area contributed by atoms with Gasteiger partial charge < -0.3 is 9.73 Å². The summed E-state index contributed by atoms with van der Waals surface area (Å²) in [5.41, 5.74) is 2.19. The molecule has 0 bridgehead atoms. The van der Waals surface area contributed by atoms with Crippen molar-refractivity contribution in [1.29, 1.82) is 0 Å². The molecule has 1 unspecified atom stereocenters. The van der Waals surface area contributed by atoms with E-state index in [0.717, 1.165) is 22.6 Å². The maximum Gasteiger partial charge on any atom is 0.220 e. The highest BCUT2D eigenvalue weighted by molar-refractivity contribution is 5.76. The fourth-order valence-corrected chi connectivity index (χ4v) is 3.05. The molecule has 0 aliphatic carbocycles. The molecule has 0 radical (unpaired) electrons. The van der Waals surface area contributed by atoms with Crippen LogP contribution in [-0.2, 0) is 11.2 Å². The fourth-order valence-electron chi connectivity index (χ4n) is 3.05. The van der Waals surface area contributed by atoms with Crippen LogP contribution in [0.15, 0.2) is 77.2 Å². The lowest BCUT2D eigenvalue weighted by Gasteiger charge is -2.23. The maximum absolute atomic E-state index is 12.4. The van der Waals surface area contributed by atoms with Gasteiger partial charge in [0.1, 0.15) is 11.5 Å². The summed E-state index contributed by atoms with van der Waals surface area (Å²) < 4.78 is 5.88. The van der Waals surface area contributed by atoms with Crippen LogP contribution in [0.25, 0.3) is 11.3 Å².